The van der Waals surface area contributed by atoms with Crippen LogP contribution >= 0.6 is 11.3 Å². The van der Waals surface area contributed by atoms with Crippen molar-refractivity contribution in [2.75, 3.05) is 20.8 Å². The fourth-order valence-corrected chi connectivity index (χ4v) is 2.98. The van der Waals surface area contributed by atoms with Crippen LogP contribution < -0.4 is 14.8 Å². The Morgan fingerprint density at radius 2 is 2.10 bits per heavy atom. The second-order valence-electron chi connectivity index (χ2n) is 5.05. The molecular formula is C15H19N3O2S. The van der Waals surface area contributed by atoms with Crippen LogP contribution in [0.4, 0.5) is 0 Å². The predicted octanol–water partition coefficient (Wildman–Crippen LogP) is 2.52. The number of nitrogens with one attached hydrogen (secondary N) is 1. The van der Waals surface area contributed by atoms with E-state index in [1.165, 1.54) is 12.8 Å². The van der Waals surface area contributed by atoms with Gasteiger partial charge in [-0.25, -0.2) is 0 Å². The van der Waals surface area contributed by atoms with Gasteiger partial charge in [0.05, 0.1) is 19.8 Å². The monoisotopic (exact) mass is 305 g/mol. The summed E-state index contributed by atoms with van der Waals surface area (Å²) in [6.07, 6.45) is 3.53. The summed E-state index contributed by atoms with van der Waals surface area (Å²) in [4.78, 5) is 0. The van der Waals surface area contributed by atoms with Crippen LogP contribution in [0.25, 0.3) is 10.6 Å². The molecule has 0 spiro atoms. The van der Waals surface area contributed by atoms with Gasteiger partial charge in [0, 0.05) is 19.0 Å². The molecule has 1 N–H and O–H groups in total. The first-order valence-electron chi connectivity index (χ1n) is 7.08. The van der Waals surface area contributed by atoms with E-state index in [2.05, 4.69) is 15.5 Å². The zero-order chi connectivity index (χ0) is 14.7. The minimum atomic E-state index is 0.732. The largest absolute Gasteiger partial charge is 0.497 e. The normalized spacial score (nSPS) is 14.2. The molecule has 0 radical (unpaired) electrons. The van der Waals surface area contributed by atoms with Gasteiger partial charge in [-0.3, -0.25) is 0 Å². The molecule has 0 unspecified atom stereocenters. The number of aromatic nitrogens is 2. The van der Waals surface area contributed by atoms with Gasteiger partial charge in [-0.15, -0.1) is 10.2 Å². The topological polar surface area (TPSA) is 56.3 Å². The van der Waals surface area contributed by atoms with E-state index >= 15 is 0 Å². The number of rotatable bonds is 7. The van der Waals surface area contributed by atoms with Crippen molar-refractivity contribution < 1.29 is 9.47 Å². The third-order valence-electron chi connectivity index (χ3n) is 3.45. The SMILES string of the molecule is COc1ccc(OC)c(-c2nnc(CCNC3CC3)s2)c1. The van der Waals surface area contributed by atoms with Gasteiger partial charge in [-0.05, 0) is 31.0 Å². The van der Waals surface area contributed by atoms with Crippen molar-refractivity contribution in [1.29, 1.82) is 0 Å². The highest BCUT2D eigenvalue weighted by molar-refractivity contribution is 7.14. The number of hydrogen-bond acceptors (Lipinski definition) is 6. The highest BCUT2D eigenvalue weighted by Crippen LogP contribution is 2.35. The van der Waals surface area contributed by atoms with Crippen molar-refractivity contribution in [3.8, 4) is 22.1 Å². The van der Waals surface area contributed by atoms with Crippen LogP contribution in [-0.2, 0) is 6.42 Å². The Kier molecular flexibility index (Phi) is 4.36. The third-order valence-corrected chi connectivity index (χ3v) is 4.47. The Morgan fingerprint density at radius 1 is 1.24 bits per heavy atom. The van der Waals surface area contributed by atoms with Crippen LogP contribution in [0.2, 0.25) is 0 Å². The molecule has 0 amide bonds. The van der Waals surface area contributed by atoms with E-state index in [4.69, 9.17) is 9.47 Å². The van der Waals surface area contributed by atoms with Crippen LogP contribution in [0.3, 0.4) is 0 Å². The molecule has 2 aromatic rings. The fraction of sp³-hybridized carbons (Fsp3) is 0.467. The predicted molar refractivity (Wildman–Crippen MR) is 83.2 cm³/mol. The highest BCUT2D eigenvalue weighted by atomic mass is 32.1. The van der Waals surface area contributed by atoms with Crippen LogP contribution in [0.15, 0.2) is 18.2 Å². The Balaban J connectivity index is 1.74. The molecule has 6 heteroatoms. The first kappa shape index (κ1) is 14.3. The minimum Gasteiger partial charge on any atom is -0.497 e. The third kappa shape index (κ3) is 3.51. The van der Waals surface area contributed by atoms with E-state index in [1.54, 1.807) is 25.6 Å². The van der Waals surface area contributed by atoms with Crippen LogP contribution in [0.5, 0.6) is 11.5 Å². The highest BCUT2D eigenvalue weighted by Gasteiger charge is 2.20. The van der Waals surface area contributed by atoms with Crippen molar-refractivity contribution in [3.63, 3.8) is 0 Å². The minimum absolute atomic E-state index is 0.732. The average Bonchev–Trinajstić information content (AvgIpc) is 3.22. The molecule has 1 heterocycles. The summed E-state index contributed by atoms with van der Waals surface area (Å²) in [7, 11) is 3.31. The van der Waals surface area contributed by atoms with E-state index in [9.17, 15) is 0 Å². The van der Waals surface area contributed by atoms with E-state index in [0.29, 0.717) is 0 Å². The lowest BCUT2D eigenvalue weighted by atomic mass is 10.2. The van der Waals surface area contributed by atoms with E-state index in [0.717, 1.165) is 46.1 Å². The summed E-state index contributed by atoms with van der Waals surface area (Å²) in [5, 5.41) is 14.0. The standard InChI is InChI=1S/C15H19N3O2S/c1-19-11-5-6-13(20-2)12(9-11)15-18-17-14(21-15)7-8-16-10-3-4-10/h5-6,9-10,16H,3-4,7-8H2,1-2H3. The van der Waals surface area contributed by atoms with Crippen LogP contribution in [0, 0.1) is 0 Å². The van der Waals surface area contributed by atoms with Crippen molar-refractivity contribution in [1.82, 2.24) is 15.5 Å². The van der Waals surface area contributed by atoms with Gasteiger partial charge < -0.3 is 14.8 Å². The number of benzene rings is 1. The summed E-state index contributed by atoms with van der Waals surface area (Å²) in [5.41, 5.74) is 0.927. The van der Waals surface area contributed by atoms with E-state index < -0.39 is 0 Å². The Morgan fingerprint density at radius 3 is 2.81 bits per heavy atom. The maximum atomic E-state index is 5.40. The lowest BCUT2D eigenvalue weighted by Gasteiger charge is -2.07. The second-order valence-corrected chi connectivity index (χ2v) is 6.11. The Hall–Kier alpha value is -1.66. The number of ether oxygens (including phenoxy) is 2. The van der Waals surface area contributed by atoms with Crippen molar-refractivity contribution in [3.05, 3.63) is 23.2 Å². The van der Waals surface area contributed by atoms with Gasteiger partial charge >= 0.3 is 0 Å². The van der Waals surface area contributed by atoms with E-state index in [1.807, 2.05) is 18.2 Å². The molecule has 3 rings (SSSR count). The van der Waals surface area contributed by atoms with Crippen molar-refractivity contribution in [2.24, 2.45) is 0 Å². The maximum absolute atomic E-state index is 5.40. The molecule has 5 nitrogen and oxygen atoms in total. The molecule has 1 saturated carbocycles. The number of hydrogen-bond donors (Lipinski definition) is 1. The van der Waals surface area contributed by atoms with Gasteiger partial charge in [0.25, 0.3) is 0 Å². The molecule has 0 saturated heterocycles. The molecule has 1 aromatic heterocycles. The second kappa shape index (κ2) is 6.41. The summed E-state index contributed by atoms with van der Waals surface area (Å²) >= 11 is 1.61. The summed E-state index contributed by atoms with van der Waals surface area (Å²) in [6.45, 7) is 0.967. The van der Waals surface area contributed by atoms with Gasteiger partial charge in [0.15, 0.2) is 5.01 Å². The first-order valence-corrected chi connectivity index (χ1v) is 7.90. The number of nitrogens with zero attached hydrogens (tertiary/aromatic N) is 2. The molecule has 112 valence electrons. The maximum Gasteiger partial charge on any atom is 0.151 e. The summed E-state index contributed by atoms with van der Waals surface area (Å²) in [6, 6.07) is 6.44. The lowest BCUT2D eigenvalue weighted by Crippen LogP contribution is -2.19. The van der Waals surface area contributed by atoms with Gasteiger partial charge in [0.1, 0.15) is 16.5 Å². The zero-order valence-corrected chi connectivity index (χ0v) is 13.1. The molecular weight excluding hydrogens is 286 g/mol. The summed E-state index contributed by atoms with van der Waals surface area (Å²) < 4.78 is 10.7. The molecule has 0 aliphatic heterocycles. The molecule has 0 bridgehead atoms. The molecule has 1 fully saturated rings. The zero-order valence-electron chi connectivity index (χ0n) is 12.3. The Labute approximate surface area is 128 Å². The quantitative estimate of drug-likeness (QED) is 0.852. The lowest BCUT2D eigenvalue weighted by molar-refractivity contribution is 0.404. The molecule has 0 atom stereocenters. The Bertz CT molecular complexity index is 611. The van der Waals surface area contributed by atoms with Crippen molar-refractivity contribution in [2.45, 2.75) is 25.3 Å². The first-order chi connectivity index (χ1) is 10.3. The summed E-state index contributed by atoms with van der Waals surface area (Å²) in [5.74, 6) is 1.58. The van der Waals surface area contributed by atoms with Crippen molar-refractivity contribution >= 4 is 11.3 Å². The van der Waals surface area contributed by atoms with E-state index in [-0.39, 0.29) is 0 Å². The van der Waals surface area contributed by atoms with Gasteiger partial charge in [-0.1, -0.05) is 11.3 Å². The van der Waals surface area contributed by atoms with Crippen LogP contribution in [0.1, 0.15) is 17.8 Å². The van der Waals surface area contributed by atoms with Crippen LogP contribution in [-0.4, -0.2) is 37.0 Å². The smallest absolute Gasteiger partial charge is 0.151 e. The molecule has 1 aliphatic rings. The average molecular weight is 305 g/mol. The van der Waals surface area contributed by atoms with Gasteiger partial charge in [0.2, 0.25) is 0 Å². The molecule has 1 aromatic carbocycles. The van der Waals surface area contributed by atoms with Gasteiger partial charge in [-0.2, -0.15) is 0 Å². The fourth-order valence-electron chi connectivity index (χ4n) is 2.12. The molecule has 1 aliphatic carbocycles. The molecule has 21 heavy (non-hydrogen) atoms. The number of methoxy groups -OCH3 is 2.